The summed E-state index contributed by atoms with van der Waals surface area (Å²) in [6.07, 6.45) is 2.44. The Labute approximate surface area is 141 Å². The van der Waals surface area contributed by atoms with E-state index in [0.29, 0.717) is 11.2 Å². The van der Waals surface area contributed by atoms with Crippen LogP contribution in [0.3, 0.4) is 0 Å². The summed E-state index contributed by atoms with van der Waals surface area (Å²) in [5.41, 5.74) is 2.16. The fourth-order valence-electron chi connectivity index (χ4n) is 2.01. The second-order valence-electron chi connectivity index (χ2n) is 4.72. The van der Waals surface area contributed by atoms with Gasteiger partial charge in [-0.2, -0.15) is 14.9 Å². The van der Waals surface area contributed by atoms with Gasteiger partial charge < -0.3 is 0 Å². The van der Waals surface area contributed by atoms with Crippen molar-refractivity contribution in [2.24, 2.45) is 5.10 Å². The van der Waals surface area contributed by atoms with Gasteiger partial charge in [0.15, 0.2) is 5.82 Å². The van der Waals surface area contributed by atoms with Crippen LogP contribution in [0.2, 0.25) is 0 Å². The Morgan fingerprint density at radius 2 is 1.86 bits per heavy atom. The molecule has 3 aromatic rings. The molecule has 0 spiro atoms. The lowest BCUT2D eigenvalue weighted by atomic mass is 10.1. The van der Waals surface area contributed by atoms with E-state index < -0.39 is 0 Å². The normalized spacial score (nSPS) is 11.1. The van der Waals surface area contributed by atoms with Gasteiger partial charge in [-0.3, -0.25) is 5.10 Å². The minimum Gasteiger partial charge on any atom is -0.250 e. The van der Waals surface area contributed by atoms with E-state index in [0.717, 1.165) is 21.4 Å². The van der Waals surface area contributed by atoms with Crippen molar-refractivity contribution in [2.45, 2.75) is 6.42 Å². The van der Waals surface area contributed by atoms with Gasteiger partial charge in [0.25, 0.3) is 0 Å². The highest BCUT2D eigenvalue weighted by Crippen LogP contribution is 2.10. The van der Waals surface area contributed by atoms with E-state index in [9.17, 15) is 0 Å². The fourth-order valence-corrected chi connectivity index (χ4v) is 2.47. The Morgan fingerprint density at radius 3 is 2.59 bits per heavy atom. The molecule has 2 aromatic carbocycles. The summed E-state index contributed by atoms with van der Waals surface area (Å²) in [6.45, 7) is 0. The van der Waals surface area contributed by atoms with Crippen LogP contribution in [0.5, 0.6) is 0 Å². The first-order chi connectivity index (χ1) is 10.7. The van der Waals surface area contributed by atoms with Crippen molar-refractivity contribution in [2.75, 3.05) is 0 Å². The molecule has 1 heterocycles. The van der Waals surface area contributed by atoms with E-state index in [2.05, 4.69) is 43.4 Å². The maximum absolute atomic E-state index is 5.25. The molecule has 1 N–H and O–H groups in total. The molecule has 0 saturated heterocycles. The SMILES string of the molecule is S=c1[nH]nc(Cc2ccccc2)n1/N=C\c1ccc(Br)cc1. The lowest BCUT2D eigenvalue weighted by Gasteiger charge is -2.01. The van der Waals surface area contributed by atoms with Crippen LogP contribution < -0.4 is 0 Å². The smallest absolute Gasteiger partial charge is 0.216 e. The van der Waals surface area contributed by atoms with Crippen molar-refractivity contribution in [1.29, 1.82) is 0 Å². The molecule has 0 atom stereocenters. The van der Waals surface area contributed by atoms with Gasteiger partial charge in [-0.15, -0.1) is 0 Å². The molecule has 0 saturated carbocycles. The van der Waals surface area contributed by atoms with Crippen molar-refractivity contribution in [3.63, 3.8) is 0 Å². The maximum Gasteiger partial charge on any atom is 0.216 e. The van der Waals surface area contributed by atoms with E-state index >= 15 is 0 Å². The van der Waals surface area contributed by atoms with Crippen LogP contribution in [-0.2, 0) is 6.42 Å². The fraction of sp³-hybridized carbons (Fsp3) is 0.0625. The summed E-state index contributed by atoms with van der Waals surface area (Å²) in [5.74, 6) is 0.782. The topological polar surface area (TPSA) is 46.0 Å². The maximum atomic E-state index is 5.25. The van der Waals surface area contributed by atoms with E-state index in [-0.39, 0.29) is 0 Å². The summed E-state index contributed by atoms with van der Waals surface area (Å²) < 4.78 is 3.18. The second kappa shape index (κ2) is 6.81. The van der Waals surface area contributed by atoms with Crippen LogP contribution >= 0.6 is 28.1 Å². The van der Waals surface area contributed by atoms with Crippen molar-refractivity contribution < 1.29 is 0 Å². The first-order valence-corrected chi connectivity index (χ1v) is 7.92. The third-order valence-corrected chi connectivity index (χ3v) is 3.91. The number of aromatic nitrogens is 3. The molecule has 0 unspecified atom stereocenters. The molecule has 6 heteroatoms. The number of nitrogens with one attached hydrogen (secondary N) is 1. The molecule has 0 bridgehead atoms. The van der Waals surface area contributed by atoms with Crippen LogP contribution in [-0.4, -0.2) is 21.1 Å². The molecule has 4 nitrogen and oxygen atoms in total. The van der Waals surface area contributed by atoms with Crippen molar-refractivity contribution >= 4 is 34.4 Å². The molecule has 110 valence electrons. The third-order valence-electron chi connectivity index (χ3n) is 3.11. The Bertz CT molecular complexity index is 835. The lowest BCUT2D eigenvalue weighted by Crippen LogP contribution is -2.00. The van der Waals surface area contributed by atoms with Crippen LogP contribution in [0.25, 0.3) is 0 Å². The van der Waals surface area contributed by atoms with Gasteiger partial charge in [0, 0.05) is 10.9 Å². The van der Waals surface area contributed by atoms with Gasteiger partial charge in [-0.25, -0.2) is 0 Å². The van der Waals surface area contributed by atoms with Crippen LogP contribution in [0.15, 0.2) is 64.2 Å². The number of rotatable bonds is 4. The Kier molecular flexibility index (Phi) is 4.60. The number of hydrogen-bond donors (Lipinski definition) is 1. The van der Waals surface area contributed by atoms with Gasteiger partial charge >= 0.3 is 0 Å². The van der Waals surface area contributed by atoms with Crippen molar-refractivity contribution in [1.82, 2.24) is 14.9 Å². The molecular weight excluding hydrogens is 360 g/mol. The van der Waals surface area contributed by atoms with E-state index in [1.54, 1.807) is 10.9 Å². The first-order valence-electron chi connectivity index (χ1n) is 6.72. The van der Waals surface area contributed by atoms with E-state index in [1.807, 2.05) is 42.5 Å². The second-order valence-corrected chi connectivity index (χ2v) is 6.02. The first kappa shape index (κ1) is 14.9. The van der Waals surface area contributed by atoms with Crippen LogP contribution in [0.1, 0.15) is 17.0 Å². The van der Waals surface area contributed by atoms with Gasteiger partial charge in [-0.05, 0) is 35.5 Å². The van der Waals surface area contributed by atoms with Crippen molar-refractivity contribution in [3.8, 4) is 0 Å². The minimum absolute atomic E-state index is 0.485. The summed E-state index contributed by atoms with van der Waals surface area (Å²) in [4.78, 5) is 0. The molecule has 0 radical (unpaired) electrons. The Hall–Kier alpha value is -2.05. The number of H-pyrrole nitrogens is 1. The van der Waals surface area contributed by atoms with Gasteiger partial charge in [0.1, 0.15) is 0 Å². The molecule has 3 rings (SSSR count). The highest BCUT2D eigenvalue weighted by molar-refractivity contribution is 9.10. The molecule has 0 aliphatic heterocycles. The summed E-state index contributed by atoms with van der Waals surface area (Å²) >= 11 is 8.66. The third kappa shape index (κ3) is 3.58. The largest absolute Gasteiger partial charge is 0.250 e. The molecule has 0 amide bonds. The average molecular weight is 373 g/mol. The quantitative estimate of drug-likeness (QED) is 0.551. The van der Waals surface area contributed by atoms with Gasteiger partial charge in [0.05, 0.1) is 6.21 Å². The zero-order chi connectivity index (χ0) is 15.4. The number of aromatic amines is 1. The molecule has 1 aromatic heterocycles. The minimum atomic E-state index is 0.485. The van der Waals surface area contributed by atoms with Crippen molar-refractivity contribution in [3.05, 3.63) is 80.8 Å². The van der Waals surface area contributed by atoms with Crippen LogP contribution in [0.4, 0.5) is 0 Å². The average Bonchev–Trinajstić information content (AvgIpc) is 2.88. The van der Waals surface area contributed by atoms with Gasteiger partial charge in [-0.1, -0.05) is 58.4 Å². The van der Waals surface area contributed by atoms with Crippen LogP contribution in [0, 0.1) is 4.77 Å². The lowest BCUT2D eigenvalue weighted by molar-refractivity contribution is 0.792. The molecule has 0 fully saturated rings. The highest BCUT2D eigenvalue weighted by atomic mass is 79.9. The van der Waals surface area contributed by atoms with E-state index in [1.165, 1.54) is 0 Å². The summed E-state index contributed by atoms with van der Waals surface area (Å²) in [5, 5.41) is 11.5. The molecule has 0 aliphatic carbocycles. The molecule has 22 heavy (non-hydrogen) atoms. The standard InChI is InChI=1S/C16H13BrN4S/c17-14-8-6-13(7-9-14)11-18-21-15(19-20-16(21)22)10-12-4-2-1-3-5-12/h1-9,11H,10H2,(H,20,22)/b18-11-. The number of benzene rings is 2. The zero-order valence-corrected chi connectivity index (χ0v) is 14.0. The highest BCUT2D eigenvalue weighted by Gasteiger charge is 2.05. The number of nitrogens with zero attached hydrogens (tertiary/aromatic N) is 3. The Morgan fingerprint density at radius 1 is 1.14 bits per heavy atom. The number of hydrogen-bond acceptors (Lipinski definition) is 3. The molecule has 0 aliphatic rings. The van der Waals surface area contributed by atoms with Gasteiger partial charge in [0.2, 0.25) is 4.77 Å². The predicted octanol–water partition coefficient (Wildman–Crippen LogP) is 4.18. The monoisotopic (exact) mass is 372 g/mol. The zero-order valence-electron chi connectivity index (χ0n) is 11.6. The molecular formula is C16H13BrN4S. The summed E-state index contributed by atoms with van der Waals surface area (Å²) in [6, 6.07) is 18.0. The number of halogens is 1. The van der Waals surface area contributed by atoms with E-state index in [4.69, 9.17) is 12.2 Å². The predicted molar refractivity (Wildman–Crippen MR) is 93.8 cm³/mol. The summed E-state index contributed by atoms with van der Waals surface area (Å²) in [7, 11) is 0. The Balaban J connectivity index is 1.86.